The number of carboxylic acids is 1. The highest BCUT2D eigenvalue weighted by Crippen LogP contribution is 2.29. The van der Waals surface area contributed by atoms with E-state index in [1.165, 1.54) is 0 Å². The van der Waals surface area contributed by atoms with Crippen molar-refractivity contribution < 1.29 is 9.90 Å². The quantitative estimate of drug-likeness (QED) is 0.844. The number of rotatable bonds is 3. The van der Waals surface area contributed by atoms with E-state index in [-0.39, 0.29) is 12.0 Å². The third-order valence-electron chi connectivity index (χ3n) is 4.32. The van der Waals surface area contributed by atoms with Crippen molar-refractivity contribution in [2.45, 2.75) is 38.1 Å². The Hall–Kier alpha value is -2.10. The highest BCUT2D eigenvalue weighted by Gasteiger charge is 2.29. The number of benzene rings is 1. The lowest BCUT2D eigenvalue weighted by Gasteiger charge is -2.24. The monoisotopic (exact) mass is 284 g/mol. The van der Waals surface area contributed by atoms with Crippen LogP contribution in [0.25, 0.3) is 10.9 Å². The average Bonchev–Trinajstić information content (AvgIpc) is 2.73. The van der Waals surface area contributed by atoms with Crippen molar-refractivity contribution >= 4 is 22.6 Å². The molecule has 2 aromatic rings. The van der Waals surface area contributed by atoms with Crippen LogP contribution in [0.2, 0.25) is 0 Å². The molecule has 1 aromatic heterocycles. The summed E-state index contributed by atoms with van der Waals surface area (Å²) in [6.07, 6.45) is 6.66. The van der Waals surface area contributed by atoms with Crippen LogP contribution in [0.15, 0.2) is 36.5 Å². The molecule has 4 heteroatoms. The lowest BCUT2D eigenvalue weighted by atomic mass is 9.94. The van der Waals surface area contributed by atoms with E-state index in [1.807, 2.05) is 30.3 Å². The minimum absolute atomic E-state index is 0.00388. The molecule has 0 bridgehead atoms. The number of nitrogens with one attached hydrogen (secondary N) is 1. The summed E-state index contributed by atoms with van der Waals surface area (Å²) in [6.45, 7) is 0. The van der Waals surface area contributed by atoms with Gasteiger partial charge in [0.2, 0.25) is 0 Å². The topological polar surface area (TPSA) is 62.2 Å². The van der Waals surface area contributed by atoms with E-state index in [0.29, 0.717) is 0 Å². The summed E-state index contributed by atoms with van der Waals surface area (Å²) in [6, 6.07) is 9.88. The van der Waals surface area contributed by atoms with E-state index in [4.69, 9.17) is 0 Å². The SMILES string of the molecule is O=C(O)C1CCCCCC1Nc1ccnc2ccccc12. The Kier molecular flexibility index (Phi) is 4.04. The lowest BCUT2D eigenvalue weighted by Crippen LogP contribution is -2.33. The Labute approximate surface area is 124 Å². The predicted octanol–water partition coefficient (Wildman–Crippen LogP) is 3.68. The van der Waals surface area contributed by atoms with Crippen LogP contribution in [0.3, 0.4) is 0 Å². The summed E-state index contributed by atoms with van der Waals surface area (Å²) >= 11 is 0. The van der Waals surface area contributed by atoms with Gasteiger partial charge in [0.25, 0.3) is 0 Å². The van der Waals surface area contributed by atoms with Gasteiger partial charge in [-0.25, -0.2) is 0 Å². The molecule has 1 saturated carbocycles. The van der Waals surface area contributed by atoms with Crippen LogP contribution in [0.5, 0.6) is 0 Å². The molecule has 1 aliphatic carbocycles. The van der Waals surface area contributed by atoms with E-state index in [9.17, 15) is 9.90 Å². The molecular weight excluding hydrogens is 264 g/mol. The minimum atomic E-state index is -0.687. The Morgan fingerprint density at radius 3 is 2.81 bits per heavy atom. The van der Waals surface area contributed by atoms with Crippen molar-refractivity contribution in [2.24, 2.45) is 5.92 Å². The van der Waals surface area contributed by atoms with Gasteiger partial charge in [-0.2, -0.15) is 0 Å². The first-order valence-corrected chi connectivity index (χ1v) is 7.59. The van der Waals surface area contributed by atoms with Crippen LogP contribution in [0.4, 0.5) is 5.69 Å². The van der Waals surface area contributed by atoms with Crippen LogP contribution < -0.4 is 5.32 Å². The van der Waals surface area contributed by atoms with Crippen LogP contribution in [0.1, 0.15) is 32.1 Å². The maximum absolute atomic E-state index is 11.5. The molecule has 110 valence electrons. The predicted molar refractivity (Wildman–Crippen MR) is 83.4 cm³/mol. The summed E-state index contributed by atoms with van der Waals surface area (Å²) in [7, 11) is 0. The molecule has 0 aliphatic heterocycles. The van der Waals surface area contributed by atoms with Gasteiger partial charge >= 0.3 is 5.97 Å². The van der Waals surface area contributed by atoms with Crippen LogP contribution in [-0.2, 0) is 4.79 Å². The average molecular weight is 284 g/mol. The number of hydrogen-bond donors (Lipinski definition) is 2. The molecule has 2 atom stereocenters. The number of pyridine rings is 1. The molecule has 0 spiro atoms. The Balaban J connectivity index is 1.90. The minimum Gasteiger partial charge on any atom is -0.481 e. The summed E-state index contributed by atoms with van der Waals surface area (Å²) in [5.41, 5.74) is 1.92. The molecule has 21 heavy (non-hydrogen) atoms. The fraction of sp³-hybridized carbons (Fsp3) is 0.412. The van der Waals surface area contributed by atoms with E-state index in [2.05, 4.69) is 10.3 Å². The first kappa shape index (κ1) is 13.9. The van der Waals surface area contributed by atoms with Crippen molar-refractivity contribution in [3.05, 3.63) is 36.5 Å². The maximum atomic E-state index is 11.5. The third kappa shape index (κ3) is 2.99. The molecule has 0 amide bonds. The molecule has 1 heterocycles. The van der Waals surface area contributed by atoms with Gasteiger partial charge in [-0.05, 0) is 25.0 Å². The standard InChI is InChI=1S/C17H20N2O2/c20-17(21)13-7-2-1-3-9-15(13)19-16-10-11-18-14-8-5-4-6-12(14)16/h4-6,8,10-11,13,15H,1-3,7,9H2,(H,18,19)(H,20,21). The second-order valence-electron chi connectivity index (χ2n) is 5.71. The maximum Gasteiger partial charge on any atom is 0.308 e. The van der Waals surface area contributed by atoms with Crippen molar-refractivity contribution in [1.82, 2.24) is 4.98 Å². The Morgan fingerprint density at radius 2 is 1.95 bits per heavy atom. The van der Waals surface area contributed by atoms with E-state index < -0.39 is 5.97 Å². The molecular formula is C17H20N2O2. The lowest BCUT2D eigenvalue weighted by molar-refractivity contribution is -0.142. The highest BCUT2D eigenvalue weighted by atomic mass is 16.4. The zero-order chi connectivity index (χ0) is 14.7. The number of carboxylic acid groups (broad SMARTS) is 1. The third-order valence-corrected chi connectivity index (χ3v) is 4.32. The number of aromatic nitrogens is 1. The molecule has 2 N–H and O–H groups in total. The van der Waals surface area contributed by atoms with E-state index >= 15 is 0 Å². The van der Waals surface area contributed by atoms with Crippen LogP contribution >= 0.6 is 0 Å². The van der Waals surface area contributed by atoms with Crippen molar-refractivity contribution in [3.63, 3.8) is 0 Å². The molecule has 0 saturated heterocycles. The molecule has 1 aliphatic rings. The fourth-order valence-electron chi connectivity index (χ4n) is 3.20. The summed E-state index contributed by atoms with van der Waals surface area (Å²) in [5, 5.41) is 14.0. The van der Waals surface area contributed by atoms with Gasteiger partial charge in [0, 0.05) is 23.3 Å². The van der Waals surface area contributed by atoms with Gasteiger partial charge in [-0.3, -0.25) is 9.78 Å². The number of hydrogen-bond acceptors (Lipinski definition) is 3. The Morgan fingerprint density at radius 1 is 1.14 bits per heavy atom. The van der Waals surface area contributed by atoms with Gasteiger partial charge in [-0.15, -0.1) is 0 Å². The molecule has 0 radical (unpaired) electrons. The number of aliphatic carboxylic acids is 1. The summed E-state index contributed by atoms with van der Waals surface area (Å²) in [4.78, 5) is 15.9. The van der Waals surface area contributed by atoms with Gasteiger partial charge in [0.1, 0.15) is 0 Å². The molecule has 3 rings (SSSR count). The number of anilines is 1. The van der Waals surface area contributed by atoms with Gasteiger partial charge < -0.3 is 10.4 Å². The smallest absolute Gasteiger partial charge is 0.308 e. The van der Waals surface area contributed by atoms with Gasteiger partial charge in [0.05, 0.1) is 11.4 Å². The van der Waals surface area contributed by atoms with Crippen molar-refractivity contribution in [1.29, 1.82) is 0 Å². The number of fused-ring (bicyclic) bond motifs is 1. The summed E-state index contributed by atoms with van der Waals surface area (Å²) in [5.74, 6) is -0.993. The van der Waals surface area contributed by atoms with Gasteiger partial charge in [0.15, 0.2) is 0 Å². The second kappa shape index (κ2) is 6.12. The van der Waals surface area contributed by atoms with E-state index in [0.717, 1.165) is 48.7 Å². The first-order chi connectivity index (χ1) is 10.3. The normalized spacial score (nSPS) is 22.7. The van der Waals surface area contributed by atoms with Crippen LogP contribution in [0, 0.1) is 5.92 Å². The fourth-order valence-corrected chi connectivity index (χ4v) is 3.20. The van der Waals surface area contributed by atoms with Crippen LogP contribution in [-0.4, -0.2) is 22.1 Å². The molecule has 1 fully saturated rings. The zero-order valence-corrected chi connectivity index (χ0v) is 12.0. The van der Waals surface area contributed by atoms with Crippen molar-refractivity contribution in [2.75, 3.05) is 5.32 Å². The summed E-state index contributed by atoms with van der Waals surface area (Å²) < 4.78 is 0. The van der Waals surface area contributed by atoms with Crippen molar-refractivity contribution in [3.8, 4) is 0 Å². The number of nitrogens with zero attached hydrogens (tertiary/aromatic N) is 1. The number of carbonyl (C=O) groups is 1. The Bertz CT molecular complexity index is 636. The first-order valence-electron chi connectivity index (χ1n) is 7.59. The second-order valence-corrected chi connectivity index (χ2v) is 5.71. The molecule has 2 unspecified atom stereocenters. The zero-order valence-electron chi connectivity index (χ0n) is 12.0. The van der Waals surface area contributed by atoms with Gasteiger partial charge in [-0.1, -0.05) is 37.5 Å². The molecule has 1 aromatic carbocycles. The largest absolute Gasteiger partial charge is 0.481 e. The molecule has 4 nitrogen and oxygen atoms in total. The van der Waals surface area contributed by atoms with E-state index in [1.54, 1.807) is 6.20 Å². The number of para-hydroxylation sites is 1. The highest BCUT2D eigenvalue weighted by molar-refractivity contribution is 5.91.